The molecule has 2 amide bonds. The third-order valence-corrected chi connectivity index (χ3v) is 11.9. The molecule has 2 heterocycles. The minimum absolute atomic E-state index is 0. The summed E-state index contributed by atoms with van der Waals surface area (Å²) in [5.74, 6) is 0.122. The van der Waals surface area contributed by atoms with E-state index in [2.05, 4.69) is 44.8 Å². The van der Waals surface area contributed by atoms with E-state index in [4.69, 9.17) is 4.74 Å². The fraction of sp³-hybridized carbons (Fsp3) is 0.897. The number of piperidine rings is 1. The van der Waals surface area contributed by atoms with Crippen LogP contribution in [-0.2, 0) is 14.3 Å². The van der Waals surface area contributed by atoms with Crippen molar-refractivity contribution in [1.82, 2.24) is 10.2 Å². The van der Waals surface area contributed by atoms with Crippen molar-refractivity contribution >= 4 is 30.2 Å². The second-order valence-corrected chi connectivity index (χ2v) is 13.6. The summed E-state index contributed by atoms with van der Waals surface area (Å²) in [4.78, 5) is 42.1. The lowest BCUT2D eigenvalue weighted by Crippen LogP contribution is -2.63. The number of carbonyl (C=O) groups is 3. The second kappa shape index (κ2) is 10.1. The zero-order chi connectivity index (χ0) is 26.0. The number of amides is 2. The SMILES string of the molecule is CCC[C@]1(C)C[C@@H](OC(=O)NC(=O)[C@H]2CN3CC[C@@H]2C3)[C@]2(C)[C@H](C)CC[C@]3(CCC(=O)[C@H]32)[C@@H](C)[C@@H]1O.Cl. The first kappa shape index (κ1) is 28.8. The number of fused-ring (bicyclic) bond motifs is 2. The van der Waals surface area contributed by atoms with Crippen LogP contribution in [0.4, 0.5) is 4.79 Å². The van der Waals surface area contributed by atoms with Crippen molar-refractivity contribution in [2.75, 3.05) is 19.6 Å². The summed E-state index contributed by atoms with van der Waals surface area (Å²) in [5.41, 5.74) is -1.24. The molecule has 0 spiro atoms. The van der Waals surface area contributed by atoms with Crippen molar-refractivity contribution < 1.29 is 24.2 Å². The predicted molar refractivity (Wildman–Crippen MR) is 143 cm³/mol. The molecule has 11 atom stereocenters. The Labute approximate surface area is 228 Å². The van der Waals surface area contributed by atoms with Gasteiger partial charge in [0.25, 0.3) is 0 Å². The van der Waals surface area contributed by atoms with E-state index >= 15 is 0 Å². The molecule has 210 valence electrons. The molecule has 5 aliphatic rings. The molecule has 5 fully saturated rings. The average Bonchev–Trinajstić information content (AvgIpc) is 3.55. The summed E-state index contributed by atoms with van der Waals surface area (Å²) in [6, 6.07) is 0. The molecular formula is C29H47ClN2O5. The summed E-state index contributed by atoms with van der Waals surface area (Å²) >= 11 is 0. The Morgan fingerprint density at radius 2 is 1.89 bits per heavy atom. The molecule has 0 aromatic heterocycles. The molecule has 2 aliphatic heterocycles. The van der Waals surface area contributed by atoms with Crippen molar-refractivity contribution in [3.63, 3.8) is 0 Å². The number of ether oxygens (including phenoxy) is 1. The van der Waals surface area contributed by atoms with Gasteiger partial charge in [0, 0.05) is 30.8 Å². The molecule has 2 saturated heterocycles. The number of ketones is 1. The molecule has 0 aromatic carbocycles. The molecule has 2 N–H and O–H groups in total. The third kappa shape index (κ3) is 4.35. The highest BCUT2D eigenvalue weighted by molar-refractivity contribution is 5.93. The maximum atomic E-state index is 13.5. The topological polar surface area (TPSA) is 95.9 Å². The molecule has 4 bridgehead atoms. The fourth-order valence-electron chi connectivity index (χ4n) is 9.61. The lowest BCUT2D eigenvalue weighted by Gasteiger charge is -2.62. The van der Waals surface area contributed by atoms with Crippen molar-refractivity contribution in [2.24, 2.45) is 45.8 Å². The van der Waals surface area contributed by atoms with E-state index in [0.717, 1.165) is 51.6 Å². The van der Waals surface area contributed by atoms with Gasteiger partial charge in [0.2, 0.25) is 5.91 Å². The van der Waals surface area contributed by atoms with Gasteiger partial charge in [-0.25, -0.2) is 4.79 Å². The van der Waals surface area contributed by atoms with E-state index in [1.165, 1.54) is 0 Å². The van der Waals surface area contributed by atoms with Gasteiger partial charge < -0.3 is 14.7 Å². The molecule has 7 nitrogen and oxygen atoms in total. The number of aliphatic hydroxyl groups is 1. The van der Waals surface area contributed by atoms with E-state index in [-0.39, 0.29) is 53.2 Å². The van der Waals surface area contributed by atoms with Crippen LogP contribution < -0.4 is 5.32 Å². The van der Waals surface area contributed by atoms with Crippen molar-refractivity contribution in [2.45, 2.75) is 98.2 Å². The van der Waals surface area contributed by atoms with Crippen LogP contribution >= 0.6 is 12.4 Å². The normalized spacial score (nSPS) is 48.4. The summed E-state index contributed by atoms with van der Waals surface area (Å²) < 4.78 is 6.23. The van der Waals surface area contributed by atoms with Crippen LogP contribution in [0.15, 0.2) is 0 Å². The molecule has 3 aliphatic carbocycles. The Bertz CT molecular complexity index is 930. The zero-order valence-electron chi connectivity index (χ0n) is 23.3. The van der Waals surface area contributed by atoms with E-state index in [0.29, 0.717) is 25.3 Å². The number of aliphatic hydroxyl groups excluding tert-OH is 1. The van der Waals surface area contributed by atoms with Gasteiger partial charge in [0.05, 0.1) is 12.0 Å². The van der Waals surface area contributed by atoms with Gasteiger partial charge in [-0.2, -0.15) is 0 Å². The first-order valence-corrected chi connectivity index (χ1v) is 14.4. The monoisotopic (exact) mass is 538 g/mol. The third-order valence-electron chi connectivity index (χ3n) is 11.9. The number of hydrogen-bond acceptors (Lipinski definition) is 6. The number of rotatable bonds is 4. The molecular weight excluding hydrogens is 492 g/mol. The van der Waals surface area contributed by atoms with Crippen LogP contribution in [0, 0.1) is 45.8 Å². The maximum absolute atomic E-state index is 13.5. The van der Waals surface area contributed by atoms with Crippen LogP contribution in [0.1, 0.15) is 86.0 Å². The van der Waals surface area contributed by atoms with Crippen LogP contribution in [-0.4, -0.2) is 59.6 Å². The molecule has 1 unspecified atom stereocenters. The Morgan fingerprint density at radius 3 is 2.51 bits per heavy atom. The number of hydrogen-bond donors (Lipinski definition) is 2. The minimum atomic E-state index is -0.695. The van der Waals surface area contributed by atoms with Gasteiger partial charge in [-0.15, -0.1) is 12.4 Å². The van der Waals surface area contributed by atoms with Crippen LogP contribution in [0.3, 0.4) is 0 Å². The summed E-state index contributed by atoms with van der Waals surface area (Å²) in [7, 11) is 0. The number of halogens is 1. The standard InChI is InChI=1S/C29H46N2O5.ClH/c1-6-10-27(4)14-22(36-26(35)30-25(34)20-16-31-13-9-19(20)15-31)28(5)17(2)7-11-29(18(3)24(27)33)12-8-21(32)23(28)29;/h17-20,22-24,33H,6-16H2,1-5H3,(H,30,34,35);1H/t17-,18+,19-,20+,22-,23+,24+,27-,28+,29+;/m1./s1. The van der Waals surface area contributed by atoms with Gasteiger partial charge >= 0.3 is 6.09 Å². The molecule has 0 radical (unpaired) electrons. The second-order valence-electron chi connectivity index (χ2n) is 13.6. The van der Waals surface area contributed by atoms with Crippen molar-refractivity contribution in [3.05, 3.63) is 0 Å². The van der Waals surface area contributed by atoms with Crippen LogP contribution in [0.25, 0.3) is 0 Å². The Balaban J connectivity index is 0.00000320. The van der Waals surface area contributed by atoms with E-state index in [1.54, 1.807) is 0 Å². The highest BCUT2D eigenvalue weighted by atomic mass is 35.5. The number of alkyl carbamates (subject to hydrolysis) is 1. The predicted octanol–water partition coefficient (Wildman–Crippen LogP) is 4.59. The molecule has 5 rings (SSSR count). The average molecular weight is 539 g/mol. The molecule has 0 aromatic rings. The molecule has 37 heavy (non-hydrogen) atoms. The highest BCUT2D eigenvalue weighted by Gasteiger charge is 2.68. The highest BCUT2D eigenvalue weighted by Crippen LogP contribution is 2.68. The van der Waals surface area contributed by atoms with Gasteiger partial charge in [0.1, 0.15) is 11.9 Å². The number of imide groups is 1. The van der Waals surface area contributed by atoms with Gasteiger partial charge in [0.15, 0.2) is 0 Å². The van der Waals surface area contributed by atoms with E-state index < -0.39 is 29.1 Å². The first-order chi connectivity index (χ1) is 17.0. The first-order valence-electron chi connectivity index (χ1n) is 14.4. The van der Waals surface area contributed by atoms with Gasteiger partial charge in [-0.3, -0.25) is 14.9 Å². The van der Waals surface area contributed by atoms with Crippen molar-refractivity contribution in [1.29, 1.82) is 0 Å². The van der Waals surface area contributed by atoms with Crippen molar-refractivity contribution in [3.8, 4) is 0 Å². The van der Waals surface area contributed by atoms with Crippen LogP contribution in [0.5, 0.6) is 0 Å². The van der Waals surface area contributed by atoms with Gasteiger partial charge in [-0.1, -0.05) is 41.0 Å². The maximum Gasteiger partial charge on any atom is 0.414 e. The summed E-state index contributed by atoms with van der Waals surface area (Å²) in [6.45, 7) is 13.4. The Kier molecular flexibility index (Phi) is 7.86. The summed E-state index contributed by atoms with van der Waals surface area (Å²) in [6.07, 6.45) is 4.62. The number of Topliss-reactive ketones (excluding diaryl/α,β-unsaturated/α-hetero) is 1. The largest absolute Gasteiger partial charge is 0.445 e. The van der Waals surface area contributed by atoms with Crippen LogP contribution in [0.2, 0.25) is 0 Å². The molecule has 3 saturated carbocycles. The summed E-state index contributed by atoms with van der Waals surface area (Å²) in [5, 5.41) is 14.4. The minimum Gasteiger partial charge on any atom is -0.445 e. The smallest absolute Gasteiger partial charge is 0.414 e. The van der Waals surface area contributed by atoms with E-state index in [1.807, 2.05) is 0 Å². The number of carbonyl (C=O) groups excluding carboxylic acids is 3. The lowest BCUT2D eigenvalue weighted by atomic mass is 9.43. The zero-order valence-corrected chi connectivity index (χ0v) is 24.1. The van der Waals surface area contributed by atoms with E-state index in [9.17, 15) is 19.5 Å². The fourth-order valence-corrected chi connectivity index (χ4v) is 9.61. The van der Waals surface area contributed by atoms with Gasteiger partial charge in [-0.05, 0) is 73.7 Å². The Hall–Kier alpha value is -1.18. The Morgan fingerprint density at radius 1 is 1.16 bits per heavy atom. The lowest BCUT2D eigenvalue weighted by molar-refractivity contribution is -0.199. The number of nitrogens with one attached hydrogen (secondary N) is 1. The number of nitrogens with zero attached hydrogens (tertiary/aromatic N) is 1. The molecule has 8 heteroatoms. The quantitative estimate of drug-likeness (QED) is 0.543.